The van der Waals surface area contributed by atoms with Crippen molar-refractivity contribution in [3.63, 3.8) is 0 Å². The van der Waals surface area contributed by atoms with Crippen LogP contribution in [0, 0.1) is 0 Å². The van der Waals surface area contributed by atoms with E-state index >= 15 is 0 Å². The zero-order valence-electron chi connectivity index (χ0n) is 16.8. The highest BCUT2D eigenvalue weighted by atomic mass is 32.2. The summed E-state index contributed by atoms with van der Waals surface area (Å²) < 4.78 is 56.7. The minimum atomic E-state index is -4.50. The maximum absolute atomic E-state index is 13.2. The first kappa shape index (κ1) is 22.8. The van der Waals surface area contributed by atoms with Gasteiger partial charge < -0.3 is 14.0 Å². The number of alkyl halides is 3. The monoisotopic (exact) mass is 416 g/mol. The smallest absolute Gasteiger partial charge is 0.491 e. The highest BCUT2D eigenvalue weighted by Gasteiger charge is 2.52. The van der Waals surface area contributed by atoms with Crippen LogP contribution in [0.15, 0.2) is 23.7 Å². The Labute approximate surface area is 167 Å². The zero-order valence-corrected chi connectivity index (χ0v) is 17.6. The first-order valence-electron chi connectivity index (χ1n) is 8.71. The Bertz CT molecular complexity index is 759. The van der Waals surface area contributed by atoms with E-state index in [2.05, 4.69) is 0 Å². The first-order valence-corrected chi connectivity index (χ1v) is 9.69. The number of hydrogen-bond acceptors (Lipinski definition) is 5. The molecule has 1 saturated heterocycles. The molecule has 2 rings (SSSR count). The van der Waals surface area contributed by atoms with E-state index in [-0.39, 0.29) is 16.6 Å². The van der Waals surface area contributed by atoms with Crippen molar-refractivity contribution >= 4 is 30.1 Å². The van der Waals surface area contributed by atoms with E-state index in [0.717, 1.165) is 23.9 Å². The molecule has 0 aromatic heterocycles. The summed E-state index contributed by atoms with van der Waals surface area (Å²) in [5.74, 6) is 0.332. The molecule has 28 heavy (non-hydrogen) atoms. The summed E-state index contributed by atoms with van der Waals surface area (Å²) in [6, 6.07) is 3.47. The molecule has 154 valence electrons. The average Bonchev–Trinajstić information content (AvgIpc) is 2.77. The fourth-order valence-corrected chi connectivity index (χ4v) is 3.15. The van der Waals surface area contributed by atoms with Gasteiger partial charge in [-0.2, -0.15) is 13.2 Å². The molecule has 0 bridgehead atoms. The molecule has 1 heterocycles. The van der Waals surface area contributed by atoms with Crippen LogP contribution in [0.4, 0.5) is 13.2 Å². The molecule has 1 aromatic carbocycles. The average molecular weight is 416 g/mol. The van der Waals surface area contributed by atoms with Gasteiger partial charge in [-0.05, 0) is 56.9 Å². The van der Waals surface area contributed by atoms with Gasteiger partial charge in [-0.3, -0.25) is 4.79 Å². The Morgan fingerprint density at radius 3 is 2.21 bits per heavy atom. The predicted octanol–water partition coefficient (Wildman–Crippen LogP) is 5.01. The van der Waals surface area contributed by atoms with Gasteiger partial charge in [0, 0.05) is 12.7 Å². The highest BCUT2D eigenvalue weighted by molar-refractivity contribution is 8.13. The van der Waals surface area contributed by atoms with Gasteiger partial charge in [0.1, 0.15) is 5.75 Å². The van der Waals surface area contributed by atoms with Crippen molar-refractivity contribution in [2.75, 3.05) is 12.9 Å². The molecule has 0 spiro atoms. The molecule has 1 aromatic rings. The molecule has 4 nitrogen and oxygen atoms in total. The molecular weight excluding hydrogens is 392 g/mol. The minimum Gasteiger partial charge on any atom is -0.497 e. The second kappa shape index (κ2) is 8.12. The Balaban J connectivity index is 2.47. The van der Waals surface area contributed by atoms with Gasteiger partial charge in [-0.15, -0.1) is 0 Å². The van der Waals surface area contributed by atoms with Gasteiger partial charge in [0.25, 0.3) is 0 Å². The highest BCUT2D eigenvalue weighted by Crippen LogP contribution is 2.40. The Morgan fingerprint density at radius 1 is 1.18 bits per heavy atom. The number of halogens is 3. The van der Waals surface area contributed by atoms with Crippen LogP contribution in [-0.4, -0.2) is 36.3 Å². The fourth-order valence-electron chi connectivity index (χ4n) is 2.56. The van der Waals surface area contributed by atoms with Gasteiger partial charge in [-0.1, -0.05) is 17.8 Å². The normalized spacial score (nSPS) is 19.0. The molecule has 0 saturated carbocycles. The minimum absolute atomic E-state index is 0.0913. The molecule has 1 aliphatic heterocycles. The van der Waals surface area contributed by atoms with Crippen LogP contribution in [0.3, 0.4) is 0 Å². The van der Waals surface area contributed by atoms with Gasteiger partial charge in [0.05, 0.1) is 23.9 Å². The second-order valence-electron chi connectivity index (χ2n) is 7.58. The van der Waals surface area contributed by atoms with Crippen LogP contribution in [0.1, 0.15) is 45.7 Å². The van der Waals surface area contributed by atoms with E-state index in [4.69, 9.17) is 14.0 Å². The quantitative estimate of drug-likeness (QED) is 0.632. The van der Waals surface area contributed by atoms with E-state index in [1.54, 1.807) is 6.08 Å². The van der Waals surface area contributed by atoms with Crippen molar-refractivity contribution in [1.29, 1.82) is 0 Å². The number of hydrogen-bond donors (Lipinski definition) is 0. The summed E-state index contributed by atoms with van der Waals surface area (Å²) in [6.07, 6.45) is -2.94. The number of ether oxygens (including phenoxy) is 1. The molecule has 1 fully saturated rings. The van der Waals surface area contributed by atoms with E-state index in [9.17, 15) is 18.0 Å². The van der Waals surface area contributed by atoms with Crippen LogP contribution >= 0.6 is 11.8 Å². The van der Waals surface area contributed by atoms with Crippen molar-refractivity contribution in [1.82, 2.24) is 0 Å². The molecule has 0 aliphatic carbocycles. The van der Waals surface area contributed by atoms with Crippen LogP contribution in [-0.2, 0) is 20.3 Å². The zero-order chi connectivity index (χ0) is 21.3. The number of carbonyl (C=O) groups excluding carboxylic acids is 1. The van der Waals surface area contributed by atoms with E-state index in [0.29, 0.717) is 11.0 Å². The van der Waals surface area contributed by atoms with Crippen LogP contribution in [0.2, 0.25) is 0 Å². The van der Waals surface area contributed by atoms with Crippen LogP contribution in [0.5, 0.6) is 5.75 Å². The number of benzene rings is 1. The van der Waals surface area contributed by atoms with E-state index < -0.39 is 30.1 Å². The van der Waals surface area contributed by atoms with Crippen molar-refractivity contribution < 1.29 is 32.0 Å². The lowest BCUT2D eigenvalue weighted by molar-refractivity contribution is -0.137. The topological polar surface area (TPSA) is 44.8 Å². The third kappa shape index (κ3) is 5.33. The molecule has 0 amide bonds. The standard InChI is InChI=1S/C19H24BF3O4S/c1-12(24)28-11-15(20-26-17(2,3)18(4,5)27-20)8-13-7-14(19(21,22)23)10-16(9-13)25-6/h7-10H,11H2,1-6H3. The first-order chi connectivity index (χ1) is 12.7. The van der Waals surface area contributed by atoms with Gasteiger partial charge in [-0.25, -0.2) is 0 Å². The summed E-state index contributed by atoms with van der Waals surface area (Å²) in [5, 5.41) is -0.107. The number of thioether (sulfide) groups is 1. The lowest BCUT2D eigenvalue weighted by atomic mass is 9.78. The maximum Gasteiger partial charge on any atom is 0.491 e. The third-order valence-corrected chi connectivity index (χ3v) is 5.73. The summed E-state index contributed by atoms with van der Waals surface area (Å²) in [6.45, 7) is 8.97. The largest absolute Gasteiger partial charge is 0.497 e. The summed E-state index contributed by atoms with van der Waals surface area (Å²) >= 11 is 1.04. The summed E-state index contributed by atoms with van der Waals surface area (Å²) in [4.78, 5) is 11.4. The predicted molar refractivity (Wildman–Crippen MR) is 105 cm³/mol. The number of carbonyl (C=O) groups is 1. The van der Waals surface area contributed by atoms with Crippen molar-refractivity contribution in [2.24, 2.45) is 0 Å². The molecule has 0 unspecified atom stereocenters. The SMILES string of the molecule is COc1cc(C=C(CSC(C)=O)B2OC(C)(C)C(C)(C)O2)cc(C(F)(F)F)c1. The number of rotatable bonds is 5. The number of methoxy groups -OCH3 is 1. The summed E-state index contributed by atoms with van der Waals surface area (Å²) in [5.41, 5.74) is -1.17. The Morgan fingerprint density at radius 2 is 1.75 bits per heavy atom. The van der Waals surface area contributed by atoms with Gasteiger partial charge in [0.15, 0.2) is 5.12 Å². The van der Waals surface area contributed by atoms with Crippen molar-refractivity contribution in [3.05, 3.63) is 34.8 Å². The van der Waals surface area contributed by atoms with Gasteiger partial charge >= 0.3 is 13.3 Å². The lowest BCUT2D eigenvalue weighted by Gasteiger charge is -2.32. The van der Waals surface area contributed by atoms with Crippen molar-refractivity contribution in [2.45, 2.75) is 52.0 Å². The van der Waals surface area contributed by atoms with E-state index in [1.165, 1.54) is 20.1 Å². The summed E-state index contributed by atoms with van der Waals surface area (Å²) in [7, 11) is 0.543. The second-order valence-corrected chi connectivity index (χ2v) is 8.73. The molecule has 1 aliphatic rings. The molecule has 0 radical (unpaired) electrons. The lowest BCUT2D eigenvalue weighted by Crippen LogP contribution is -2.41. The molecule has 9 heteroatoms. The molecule has 0 atom stereocenters. The van der Waals surface area contributed by atoms with Crippen LogP contribution < -0.4 is 4.74 Å². The Kier molecular flexibility index (Phi) is 6.63. The molecule has 0 N–H and O–H groups in total. The maximum atomic E-state index is 13.2. The fraction of sp³-hybridized carbons (Fsp3) is 0.526. The Hall–Kier alpha value is -1.45. The third-order valence-electron chi connectivity index (χ3n) is 4.84. The van der Waals surface area contributed by atoms with Crippen LogP contribution in [0.25, 0.3) is 6.08 Å². The van der Waals surface area contributed by atoms with Crippen molar-refractivity contribution in [3.8, 4) is 5.75 Å². The van der Waals surface area contributed by atoms with Gasteiger partial charge in [0.2, 0.25) is 0 Å². The molecular formula is C19H24BF3O4S. The van der Waals surface area contributed by atoms with E-state index in [1.807, 2.05) is 27.7 Å².